The molecule has 0 aromatic carbocycles. The second-order valence-electron chi connectivity index (χ2n) is 7.43. The number of nitrogens with one attached hydrogen (secondary N) is 1. The van der Waals surface area contributed by atoms with Crippen LogP contribution in [0.25, 0.3) is 0 Å². The molecule has 0 saturated heterocycles. The summed E-state index contributed by atoms with van der Waals surface area (Å²) in [6.45, 7) is 7.30. The third kappa shape index (κ3) is 4.28. The van der Waals surface area contributed by atoms with Crippen LogP contribution in [-0.4, -0.2) is 12.1 Å². The smallest absolute Gasteiger partial charge is 0.00747 e. The summed E-state index contributed by atoms with van der Waals surface area (Å²) in [5.41, 5.74) is 0.577. The molecule has 0 spiro atoms. The Bertz CT molecular complexity index is 234. The van der Waals surface area contributed by atoms with Gasteiger partial charge in [-0.2, -0.15) is 0 Å². The summed E-state index contributed by atoms with van der Waals surface area (Å²) < 4.78 is 0. The van der Waals surface area contributed by atoms with Crippen molar-refractivity contribution in [3.63, 3.8) is 0 Å². The van der Waals surface area contributed by atoms with Crippen molar-refractivity contribution in [1.82, 2.24) is 5.32 Å². The highest BCUT2D eigenvalue weighted by molar-refractivity contribution is 4.86. The lowest BCUT2D eigenvalue weighted by Crippen LogP contribution is -2.42. The van der Waals surface area contributed by atoms with Crippen LogP contribution < -0.4 is 5.32 Å². The zero-order valence-electron chi connectivity index (χ0n) is 12.1. The third-order valence-corrected chi connectivity index (χ3v) is 4.93. The van der Waals surface area contributed by atoms with Crippen molar-refractivity contribution in [1.29, 1.82) is 0 Å². The van der Waals surface area contributed by atoms with Gasteiger partial charge in [0.05, 0.1) is 0 Å². The molecule has 0 aliphatic heterocycles. The largest absolute Gasteiger partial charge is 0.311 e. The maximum Gasteiger partial charge on any atom is 0.00747 e. The Balaban J connectivity index is 1.79. The monoisotopic (exact) mass is 237 g/mol. The van der Waals surface area contributed by atoms with Crippen LogP contribution in [0.3, 0.4) is 0 Å². The fourth-order valence-electron chi connectivity index (χ4n) is 3.83. The van der Waals surface area contributed by atoms with Crippen LogP contribution >= 0.6 is 0 Å². The van der Waals surface area contributed by atoms with E-state index >= 15 is 0 Å². The van der Waals surface area contributed by atoms with Crippen LogP contribution in [0.5, 0.6) is 0 Å². The van der Waals surface area contributed by atoms with E-state index in [1.54, 1.807) is 0 Å². The fourth-order valence-corrected chi connectivity index (χ4v) is 3.83. The normalized spacial score (nSPS) is 38.6. The molecular formula is C16H31N. The molecular weight excluding hydrogens is 206 g/mol. The summed E-state index contributed by atoms with van der Waals surface area (Å²) in [6.07, 6.45) is 12.8. The van der Waals surface area contributed by atoms with Gasteiger partial charge in [-0.15, -0.1) is 0 Å². The molecule has 0 bridgehead atoms. The summed E-state index contributed by atoms with van der Waals surface area (Å²) in [5.74, 6) is 0.963. The molecule has 3 unspecified atom stereocenters. The quantitative estimate of drug-likeness (QED) is 0.697. The molecule has 100 valence electrons. The number of hydrogen-bond acceptors (Lipinski definition) is 1. The molecule has 1 N–H and O–H groups in total. The first kappa shape index (κ1) is 13.4. The van der Waals surface area contributed by atoms with Crippen molar-refractivity contribution in [2.45, 2.75) is 90.6 Å². The molecule has 2 saturated carbocycles. The molecule has 0 amide bonds. The van der Waals surface area contributed by atoms with Gasteiger partial charge in [-0.1, -0.05) is 40.0 Å². The molecule has 17 heavy (non-hydrogen) atoms. The lowest BCUT2D eigenvalue weighted by atomic mass is 9.75. The molecule has 2 fully saturated rings. The van der Waals surface area contributed by atoms with Crippen LogP contribution in [0.1, 0.15) is 78.6 Å². The lowest BCUT2D eigenvalue weighted by Gasteiger charge is -2.37. The maximum atomic E-state index is 3.97. The highest BCUT2D eigenvalue weighted by atomic mass is 15.0. The molecule has 0 radical (unpaired) electrons. The van der Waals surface area contributed by atoms with E-state index in [1.165, 1.54) is 57.8 Å². The van der Waals surface area contributed by atoms with E-state index in [0.717, 1.165) is 18.0 Å². The predicted molar refractivity (Wildman–Crippen MR) is 75.2 cm³/mol. The average molecular weight is 237 g/mol. The summed E-state index contributed by atoms with van der Waals surface area (Å²) in [6, 6.07) is 1.62. The zero-order chi connectivity index (χ0) is 12.3. The van der Waals surface area contributed by atoms with Crippen molar-refractivity contribution < 1.29 is 0 Å². The molecule has 2 aliphatic rings. The van der Waals surface area contributed by atoms with Gasteiger partial charge in [0.2, 0.25) is 0 Å². The molecule has 0 aromatic heterocycles. The van der Waals surface area contributed by atoms with Gasteiger partial charge in [0.15, 0.2) is 0 Å². The molecule has 0 heterocycles. The number of rotatable bonds is 2. The minimum Gasteiger partial charge on any atom is -0.311 e. The van der Waals surface area contributed by atoms with Crippen LogP contribution in [0, 0.1) is 11.3 Å². The Morgan fingerprint density at radius 2 is 1.65 bits per heavy atom. The zero-order valence-corrected chi connectivity index (χ0v) is 12.1. The van der Waals surface area contributed by atoms with Crippen LogP contribution in [-0.2, 0) is 0 Å². The predicted octanol–water partition coefficient (Wildman–Crippen LogP) is 4.51. The maximum absolute atomic E-state index is 3.97. The first-order valence-corrected chi connectivity index (χ1v) is 7.81. The Hall–Kier alpha value is -0.0400. The minimum atomic E-state index is 0.577. The Morgan fingerprint density at radius 1 is 0.882 bits per heavy atom. The van der Waals surface area contributed by atoms with Crippen molar-refractivity contribution in [3.05, 3.63) is 0 Å². The van der Waals surface area contributed by atoms with Gasteiger partial charge in [0.1, 0.15) is 0 Å². The lowest BCUT2D eigenvalue weighted by molar-refractivity contribution is 0.185. The van der Waals surface area contributed by atoms with E-state index < -0.39 is 0 Å². The van der Waals surface area contributed by atoms with Crippen molar-refractivity contribution in [2.24, 2.45) is 11.3 Å². The van der Waals surface area contributed by atoms with Gasteiger partial charge in [-0.05, 0) is 49.9 Å². The Morgan fingerprint density at radius 3 is 2.41 bits per heavy atom. The first-order valence-electron chi connectivity index (χ1n) is 7.81. The van der Waals surface area contributed by atoms with Gasteiger partial charge >= 0.3 is 0 Å². The average Bonchev–Trinajstić information content (AvgIpc) is 2.42. The molecule has 3 atom stereocenters. The highest BCUT2D eigenvalue weighted by Gasteiger charge is 2.29. The van der Waals surface area contributed by atoms with E-state index in [9.17, 15) is 0 Å². The summed E-state index contributed by atoms with van der Waals surface area (Å²) in [7, 11) is 0. The second kappa shape index (κ2) is 5.73. The highest BCUT2D eigenvalue weighted by Crippen LogP contribution is 2.35. The van der Waals surface area contributed by atoms with Crippen molar-refractivity contribution >= 4 is 0 Å². The molecule has 1 nitrogen and oxygen atoms in total. The second-order valence-corrected chi connectivity index (χ2v) is 7.43. The van der Waals surface area contributed by atoms with Gasteiger partial charge in [-0.3, -0.25) is 0 Å². The third-order valence-electron chi connectivity index (χ3n) is 4.93. The van der Waals surface area contributed by atoms with Crippen LogP contribution in [0.4, 0.5) is 0 Å². The van der Waals surface area contributed by atoms with E-state index in [-0.39, 0.29) is 0 Å². The van der Waals surface area contributed by atoms with Crippen LogP contribution in [0.15, 0.2) is 0 Å². The molecule has 2 aliphatic carbocycles. The van der Waals surface area contributed by atoms with E-state index in [0.29, 0.717) is 5.41 Å². The summed E-state index contributed by atoms with van der Waals surface area (Å²) in [5, 5.41) is 3.97. The topological polar surface area (TPSA) is 12.0 Å². The molecule has 2 rings (SSSR count). The number of hydrogen-bond donors (Lipinski definition) is 1. The Kier molecular flexibility index (Phi) is 4.52. The van der Waals surface area contributed by atoms with E-state index in [1.807, 2.05) is 0 Å². The fraction of sp³-hybridized carbons (Fsp3) is 1.00. The van der Waals surface area contributed by atoms with E-state index in [2.05, 4.69) is 26.1 Å². The minimum absolute atomic E-state index is 0.577. The first-order chi connectivity index (χ1) is 8.05. The Labute approximate surface area is 108 Å². The standard InChI is InChI=1S/C16H31N/c1-13-6-4-7-14(10-9-13)17-15-8-5-11-16(2,3)12-15/h13-15,17H,4-12H2,1-3H3. The van der Waals surface area contributed by atoms with Gasteiger partial charge in [0, 0.05) is 12.1 Å². The van der Waals surface area contributed by atoms with Crippen molar-refractivity contribution in [2.75, 3.05) is 0 Å². The van der Waals surface area contributed by atoms with Crippen LogP contribution in [0.2, 0.25) is 0 Å². The summed E-state index contributed by atoms with van der Waals surface area (Å²) in [4.78, 5) is 0. The van der Waals surface area contributed by atoms with Crippen molar-refractivity contribution in [3.8, 4) is 0 Å². The van der Waals surface area contributed by atoms with E-state index in [4.69, 9.17) is 0 Å². The SMILES string of the molecule is CC1CCCC(NC2CCCC(C)(C)C2)CC1. The van der Waals surface area contributed by atoms with Gasteiger partial charge in [-0.25, -0.2) is 0 Å². The molecule has 0 aromatic rings. The summed E-state index contributed by atoms with van der Waals surface area (Å²) >= 11 is 0. The van der Waals surface area contributed by atoms with Gasteiger partial charge in [0.25, 0.3) is 0 Å². The van der Waals surface area contributed by atoms with Gasteiger partial charge < -0.3 is 5.32 Å². The molecule has 1 heteroatoms.